The van der Waals surface area contributed by atoms with Crippen molar-refractivity contribution in [2.45, 2.75) is 19.0 Å². The number of methoxy groups -OCH3 is 1. The summed E-state index contributed by atoms with van der Waals surface area (Å²) in [7, 11) is 1.55. The fourth-order valence-corrected chi connectivity index (χ4v) is 4.08. The van der Waals surface area contributed by atoms with Crippen LogP contribution in [0.2, 0.25) is 0 Å². The first-order valence-corrected chi connectivity index (χ1v) is 12.7. The van der Waals surface area contributed by atoms with Crippen molar-refractivity contribution >= 4 is 0 Å². The van der Waals surface area contributed by atoms with Gasteiger partial charge in [-0.05, 0) is 79.8 Å². The van der Waals surface area contributed by atoms with E-state index >= 15 is 0 Å². The third-order valence-corrected chi connectivity index (χ3v) is 6.14. The van der Waals surface area contributed by atoms with Crippen LogP contribution >= 0.6 is 0 Å². The first-order valence-electron chi connectivity index (χ1n) is 12.7. The fourth-order valence-electron chi connectivity index (χ4n) is 4.08. The Hall–Kier alpha value is -5.45. The van der Waals surface area contributed by atoms with Gasteiger partial charge < -0.3 is 14.2 Å². The van der Waals surface area contributed by atoms with Gasteiger partial charge in [0.2, 0.25) is 5.82 Å². The smallest absolute Gasteiger partial charge is 0.378 e. The van der Waals surface area contributed by atoms with Gasteiger partial charge in [-0.3, -0.25) is 0 Å². The Morgan fingerprint density at radius 3 is 1.83 bits per heavy atom. The molecule has 42 heavy (non-hydrogen) atoms. The average molecular weight is 568 g/mol. The molecule has 1 radical (unpaired) electrons. The van der Waals surface area contributed by atoms with Crippen LogP contribution in [0.5, 0.6) is 5.75 Å². The van der Waals surface area contributed by atoms with Gasteiger partial charge in [0.25, 0.3) is 0 Å². The van der Waals surface area contributed by atoms with Crippen LogP contribution in [-0.4, -0.2) is 74.3 Å². The Labute approximate surface area is 238 Å². The quantitative estimate of drug-likeness (QED) is 0.196. The van der Waals surface area contributed by atoms with Gasteiger partial charge in [0.15, 0.2) is 11.6 Å². The van der Waals surface area contributed by atoms with Crippen LogP contribution in [0.15, 0.2) is 84.9 Å². The molecule has 0 bridgehead atoms. The Kier molecular flexibility index (Phi) is 7.62. The first kappa shape index (κ1) is 26.8. The van der Waals surface area contributed by atoms with Gasteiger partial charge in [0, 0.05) is 6.42 Å². The van der Waals surface area contributed by atoms with Crippen LogP contribution in [0.4, 0.5) is 0 Å². The van der Waals surface area contributed by atoms with E-state index in [1.54, 1.807) is 36.1 Å². The van der Waals surface area contributed by atoms with Crippen molar-refractivity contribution in [1.82, 2.24) is 60.6 Å². The van der Waals surface area contributed by atoms with Crippen molar-refractivity contribution in [2.24, 2.45) is 0 Å². The fraction of sp³-hybridized carbons (Fsp3) is 0.192. The molecule has 0 aliphatic carbocycles. The molecule has 0 N–H and O–H groups in total. The van der Waals surface area contributed by atoms with Crippen molar-refractivity contribution < 1.29 is 19.3 Å². The highest BCUT2D eigenvalue weighted by Crippen LogP contribution is 2.27. The summed E-state index contributed by atoms with van der Waals surface area (Å²) in [5, 5.41) is 49.7. The van der Waals surface area contributed by atoms with Crippen molar-refractivity contribution in [2.75, 3.05) is 13.7 Å². The summed E-state index contributed by atoms with van der Waals surface area (Å²) in [6, 6.07) is 25.4. The van der Waals surface area contributed by atoms with Gasteiger partial charge in [-0.25, -0.2) is 0 Å². The molecule has 0 aliphatic rings. The van der Waals surface area contributed by atoms with Crippen LogP contribution < -0.4 is 4.74 Å². The van der Waals surface area contributed by atoms with Crippen LogP contribution in [0.1, 0.15) is 17.5 Å². The van der Waals surface area contributed by atoms with Crippen LogP contribution in [-0.2, 0) is 33.6 Å². The molecule has 0 amide bonds. The zero-order valence-corrected chi connectivity index (χ0v) is 22.2. The van der Waals surface area contributed by atoms with Crippen LogP contribution in [0, 0.1) is 0 Å². The number of hydrogen-bond acceptors (Lipinski definition) is 12. The van der Waals surface area contributed by atoms with E-state index in [0.29, 0.717) is 22.9 Å². The predicted octanol–water partition coefficient (Wildman–Crippen LogP) is 1.64. The molecule has 0 fully saturated rings. The van der Waals surface area contributed by atoms with Gasteiger partial charge >= 0.3 is 5.97 Å². The zero-order valence-electron chi connectivity index (χ0n) is 22.2. The predicted molar refractivity (Wildman–Crippen MR) is 141 cm³/mol. The number of nitrogens with zero attached hydrogens (tertiary/aromatic N) is 12. The van der Waals surface area contributed by atoms with E-state index in [1.165, 1.54) is 9.36 Å². The molecular formula is C26H23N12O4. The molecule has 6 aromatic rings. The van der Waals surface area contributed by atoms with Gasteiger partial charge in [-0.2, -0.15) is 19.2 Å². The van der Waals surface area contributed by atoms with Gasteiger partial charge in [-0.15, -0.1) is 15.3 Å². The van der Waals surface area contributed by atoms with E-state index in [4.69, 9.17) is 14.2 Å². The van der Waals surface area contributed by atoms with Crippen LogP contribution in [0.3, 0.4) is 0 Å². The average Bonchev–Trinajstić information content (AvgIpc) is 3.83. The number of ether oxygens (including phenoxy) is 3. The second-order valence-electron chi connectivity index (χ2n) is 8.74. The van der Waals surface area contributed by atoms with Gasteiger partial charge in [0.05, 0.1) is 30.8 Å². The van der Waals surface area contributed by atoms with Crippen molar-refractivity contribution in [3.05, 3.63) is 102 Å². The second kappa shape index (κ2) is 12.0. The number of hydrogen-bond donors (Lipinski definition) is 0. The molecule has 3 aromatic heterocycles. The summed E-state index contributed by atoms with van der Waals surface area (Å²) in [4.78, 5) is 0. The molecule has 16 heteroatoms. The second-order valence-corrected chi connectivity index (χ2v) is 8.74. The lowest BCUT2D eigenvalue weighted by molar-refractivity contribution is -0.411. The minimum Gasteiger partial charge on any atom is -0.497 e. The molecule has 0 spiro atoms. The highest BCUT2D eigenvalue weighted by Gasteiger charge is 2.42. The van der Waals surface area contributed by atoms with E-state index in [2.05, 4.69) is 46.6 Å². The standard InChI is InChI=1S/C26H23N12O4/c1-40-22-14-12-21(13-15-22)38-25(29-32-35-38)26(39,42-18-24-28-31-34-37(24)20-10-6-3-7-11-20)41-17-16-23-27-30-33-36(23)19-8-4-2-5-9-19/h2-15H,16-18H2,1H3. The highest BCUT2D eigenvalue weighted by molar-refractivity contribution is 5.37. The van der Waals surface area contributed by atoms with E-state index in [0.717, 1.165) is 5.69 Å². The minimum absolute atomic E-state index is 0.129. The summed E-state index contributed by atoms with van der Waals surface area (Å²) in [5.41, 5.74) is 1.94. The van der Waals surface area contributed by atoms with Gasteiger partial charge in [-0.1, -0.05) is 36.4 Å². The molecule has 3 aromatic carbocycles. The topological polar surface area (TPSA) is 178 Å². The largest absolute Gasteiger partial charge is 0.497 e. The Bertz CT molecular complexity index is 1720. The minimum atomic E-state index is -2.68. The summed E-state index contributed by atoms with van der Waals surface area (Å²) in [5.74, 6) is -1.55. The van der Waals surface area contributed by atoms with Crippen molar-refractivity contribution in [3.8, 4) is 22.8 Å². The summed E-state index contributed by atoms with van der Waals surface area (Å²) >= 11 is 0. The Balaban J connectivity index is 1.27. The van der Waals surface area contributed by atoms with Gasteiger partial charge in [0.1, 0.15) is 12.4 Å². The number of tetrazole rings is 3. The summed E-state index contributed by atoms with van der Waals surface area (Å²) in [6.45, 7) is -0.446. The monoisotopic (exact) mass is 567 g/mol. The molecule has 3 heterocycles. The maximum absolute atomic E-state index is 14.3. The number of rotatable bonds is 12. The van der Waals surface area contributed by atoms with E-state index in [-0.39, 0.29) is 31.3 Å². The molecule has 211 valence electrons. The number of benzene rings is 3. The molecule has 1 atom stereocenters. The molecule has 0 aliphatic heterocycles. The van der Waals surface area contributed by atoms with E-state index in [1.807, 2.05) is 60.7 Å². The third-order valence-electron chi connectivity index (χ3n) is 6.14. The van der Waals surface area contributed by atoms with Crippen molar-refractivity contribution in [3.63, 3.8) is 0 Å². The molecular weight excluding hydrogens is 544 g/mol. The highest BCUT2D eigenvalue weighted by atomic mass is 16.8. The molecule has 1 unspecified atom stereocenters. The summed E-state index contributed by atoms with van der Waals surface area (Å²) < 4.78 is 21.2. The van der Waals surface area contributed by atoms with Crippen LogP contribution in [0.25, 0.3) is 17.1 Å². The Morgan fingerprint density at radius 1 is 0.643 bits per heavy atom. The SMILES string of the molecule is COc1ccc(-n2nnnc2C([O])(OCCc2nnnn2-c2ccccc2)OCc2nnnn2-c2ccccc2)cc1. The molecule has 6 rings (SSSR count). The van der Waals surface area contributed by atoms with E-state index in [9.17, 15) is 5.11 Å². The third kappa shape index (κ3) is 5.57. The van der Waals surface area contributed by atoms with E-state index < -0.39 is 5.97 Å². The Morgan fingerprint density at radius 2 is 1.19 bits per heavy atom. The first-order chi connectivity index (χ1) is 20.6. The molecule has 16 nitrogen and oxygen atoms in total. The van der Waals surface area contributed by atoms with Crippen molar-refractivity contribution in [1.29, 1.82) is 0 Å². The normalized spacial score (nSPS) is 12.7. The lowest BCUT2D eigenvalue weighted by Gasteiger charge is -2.24. The lowest BCUT2D eigenvalue weighted by atomic mass is 10.3. The number of aromatic nitrogens is 12. The lowest BCUT2D eigenvalue weighted by Crippen LogP contribution is -2.36. The molecule has 0 saturated heterocycles. The molecule has 0 saturated carbocycles. The summed E-state index contributed by atoms with van der Waals surface area (Å²) in [6.07, 6.45) is 0.182. The number of para-hydroxylation sites is 2. The zero-order chi connectivity index (χ0) is 28.8. The maximum Gasteiger partial charge on any atom is 0.378 e. The maximum atomic E-state index is 14.3.